The average molecular weight is 306 g/mol. The van der Waals surface area contributed by atoms with Gasteiger partial charge in [0.25, 0.3) is 5.91 Å². The first-order valence-electron chi connectivity index (χ1n) is 7.00. The van der Waals surface area contributed by atoms with Crippen LogP contribution in [0.2, 0.25) is 0 Å². The van der Waals surface area contributed by atoms with Gasteiger partial charge in [-0.3, -0.25) is 4.79 Å². The number of hydrogen-bond acceptors (Lipinski definition) is 5. The first kappa shape index (κ1) is 14.4. The van der Waals surface area contributed by atoms with E-state index in [4.69, 9.17) is 9.15 Å². The van der Waals surface area contributed by atoms with Crippen LogP contribution >= 0.6 is 11.8 Å². The van der Waals surface area contributed by atoms with Crippen LogP contribution in [0, 0.1) is 6.92 Å². The highest BCUT2D eigenvalue weighted by atomic mass is 32.2. The molecule has 1 aromatic rings. The Morgan fingerprint density at radius 3 is 2.67 bits per heavy atom. The lowest BCUT2D eigenvalue weighted by molar-refractivity contribution is -0.113. The number of carbonyl (C=O) groups is 1. The van der Waals surface area contributed by atoms with E-state index >= 15 is 0 Å². The van der Waals surface area contributed by atoms with Gasteiger partial charge in [0.15, 0.2) is 5.17 Å². The lowest BCUT2D eigenvalue weighted by atomic mass is 10.2. The van der Waals surface area contributed by atoms with Crippen LogP contribution in [0.4, 0.5) is 0 Å². The smallest absolute Gasteiger partial charge is 0.286 e. The molecule has 0 spiro atoms. The number of carbonyl (C=O) groups excluding carboxylic acids is 1. The van der Waals surface area contributed by atoms with Gasteiger partial charge in [-0.2, -0.15) is 4.99 Å². The van der Waals surface area contributed by atoms with E-state index in [1.807, 2.05) is 32.9 Å². The summed E-state index contributed by atoms with van der Waals surface area (Å²) in [7, 11) is 0. The normalized spacial score (nSPS) is 28.3. The van der Waals surface area contributed by atoms with Crippen molar-refractivity contribution in [2.24, 2.45) is 4.99 Å². The van der Waals surface area contributed by atoms with Crippen LogP contribution in [0.25, 0.3) is 6.08 Å². The molecule has 3 rings (SSSR count). The molecule has 0 bridgehead atoms. The Balaban J connectivity index is 1.74. The second-order valence-corrected chi connectivity index (χ2v) is 6.43. The summed E-state index contributed by atoms with van der Waals surface area (Å²) in [5.74, 6) is 1.31. The van der Waals surface area contributed by atoms with Crippen LogP contribution in [0.3, 0.4) is 0 Å². The summed E-state index contributed by atoms with van der Waals surface area (Å²) < 4.78 is 11.2. The van der Waals surface area contributed by atoms with Crippen LogP contribution in [0.1, 0.15) is 25.4 Å². The molecule has 3 heterocycles. The Bertz CT molecular complexity index is 610. The van der Waals surface area contributed by atoms with Crippen LogP contribution < -0.4 is 0 Å². The Morgan fingerprint density at radius 1 is 1.33 bits per heavy atom. The number of thioether (sulfide) groups is 1. The molecule has 2 aliphatic heterocycles. The lowest BCUT2D eigenvalue weighted by Crippen LogP contribution is -2.47. The minimum absolute atomic E-state index is 0.146. The van der Waals surface area contributed by atoms with E-state index in [1.54, 1.807) is 6.08 Å². The Morgan fingerprint density at radius 2 is 2.05 bits per heavy atom. The fourth-order valence-corrected chi connectivity index (χ4v) is 3.44. The fraction of sp³-hybridized carbons (Fsp3) is 0.467. The molecule has 0 saturated carbocycles. The van der Waals surface area contributed by atoms with E-state index in [0.717, 1.165) is 24.0 Å². The van der Waals surface area contributed by atoms with Gasteiger partial charge in [-0.15, -0.1) is 0 Å². The number of amidine groups is 1. The summed E-state index contributed by atoms with van der Waals surface area (Å²) in [6.45, 7) is 7.47. The van der Waals surface area contributed by atoms with Crippen LogP contribution in [-0.4, -0.2) is 41.3 Å². The highest BCUT2D eigenvalue weighted by Gasteiger charge is 2.31. The van der Waals surface area contributed by atoms with E-state index < -0.39 is 0 Å². The maximum absolute atomic E-state index is 12.0. The number of amides is 1. The summed E-state index contributed by atoms with van der Waals surface area (Å²) in [5, 5.41) is 0.761. The molecule has 0 radical (unpaired) electrons. The van der Waals surface area contributed by atoms with Gasteiger partial charge < -0.3 is 14.1 Å². The number of nitrogens with zero attached hydrogens (tertiary/aromatic N) is 2. The third-order valence-corrected chi connectivity index (χ3v) is 4.38. The summed E-state index contributed by atoms with van der Waals surface area (Å²) in [6.07, 6.45) is 2.05. The van der Waals surface area contributed by atoms with Crippen molar-refractivity contribution in [3.05, 3.63) is 28.6 Å². The molecular weight excluding hydrogens is 288 g/mol. The molecule has 0 N–H and O–H groups in total. The van der Waals surface area contributed by atoms with Gasteiger partial charge in [-0.25, -0.2) is 0 Å². The number of morpholine rings is 1. The minimum atomic E-state index is -0.198. The van der Waals surface area contributed by atoms with E-state index in [2.05, 4.69) is 9.89 Å². The van der Waals surface area contributed by atoms with Gasteiger partial charge in [0.2, 0.25) is 0 Å². The average Bonchev–Trinajstić information content (AvgIpc) is 2.96. The van der Waals surface area contributed by atoms with Crippen LogP contribution in [0.5, 0.6) is 0 Å². The summed E-state index contributed by atoms with van der Waals surface area (Å²) in [4.78, 5) is 18.9. The number of rotatable bonds is 1. The van der Waals surface area contributed by atoms with E-state index in [-0.39, 0.29) is 18.1 Å². The van der Waals surface area contributed by atoms with Crippen molar-refractivity contribution in [3.63, 3.8) is 0 Å². The molecule has 1 aromatic heterocycles. The van der Waals surface area contributed by atoms with E-state index in [9.17, 15) is 4.79 Å². The second-order valence-electron chi connectivity index (χ2n) is 5.42. The maximum Gasteiger partial charge on any atom is 0.286 e. The van der Waals surface area contributed by atoms with Gasteiger partial charge in [0, 0.05) is 19.2 Å². The standard InChI is InChI=1S/C15H18N2O3S/c1-9-4-5-12(20-9)6-13-14(18)16-15(21-13)17-7-10(2)19-11(3)8-17/h4-6,10-11H,7-8H2,1-3H3/b13-6-/t10-,11-/m0/s1. The lowest BCUT2D eigenvalue weighted by Gasteiger charge is -2.35. The van der Waals surface area contributed by atoms with Crippen molar-refractivity contribution in [1.29, 1.82) is 0 Å². The monoisotopic (exact) mass is 306 g/mol. The fourth-order valence-electron chi connectivity index (χ4n) is 2.53. The highest BCUT2D eigenvalue weighted by Crippen LogP contribution is 2.31. The third kappa shape index (κ3) is 3.22. The summed E-state index contributed by atoms with van der Waals surface area (Å²) >= 11 is 1.41. The zero-order chi connectivity index (χ0) is 15.0. The number of ether oxygens (including phenoxy) is 1. The number of aliphatic imine (C=N–C) groups is 1. The van der Waals surface area contributed by atoms with Crippen molar-refractivity contribution in [2.75, 3.05) is 13.1 Å². The molecule has 0 aromatic carbocycles. The van der Waals surface area contributed by atoms with Gasteiger partial charge in [0.05, 0.1) is 17.1 Å². The summed E-state index contributed by atoms with van der Waals surface area (Å²) in [6, 6.07) is 3.73. The molecule has 1 saturated heterocycles. The first-order valence-corrected chi connectivity index (χ1v) is 7.82. The van der Waals surface area contributed by atoms with Crippen molar-refractivity contribution in [1.82, 2.24) is 4.90 Å². The number of aryl methyl sites for hydroxylation is 1. The predicted molar refractivity (Wildman–Crippen MR) is 83.0 cm³/mol. The summed E-state index contributed by atoms with van der Waals surface area (Å²) in [5.41, 5.74) is 0. The molecule has 21 heavy (non-hydrogen) atoms. The zero-order valence-corrected chi connectivity index (χ0v) is 13.1. The molecule has 2 atom stereocenters. The molecule has 1 fully saturated rings. The van der Waals surface area contributed by atoms with Crippen LogP contribution in [0.15, 0.2) is 26.4 Å². The Hall–Kier alpha value is -1.53. The van der Waals surface area contributed by atoms with Crippen LogP contribution in [-0.2, 0) is 9.53 Å². The molecular formula is C15H18N2O3S. The molecule has 0 aliphatic carbocycles. The number of furan rings is 1. The number of hydrogen-bond donors (Lipinski definition) is 0. The molecule has 5 nitrogen and oxygen atoms in total. The van der Waals surface area contributed by atoms with Crippen molar-refractivity contribution in [2.45, 2.75) is 33.0 Å². The zero-order valence-electron chi connectivity index (χ0n) is 12.3. The topological polar surface area (TPSA) is 55.0 Å². The molecule has 112 valence electrons. The Labute approximate surface area is 128 Å². The van der Waals surface area contributed by atoms with Gasteiger partial charge >= 0.3 is 0 Å². The van der Waals surface area contributed by atoms with Crippen molar-refractivity contribution < 1.29 is 13.9 Å². The second kappa shape index (κ2) is 5.69. The molecule has 0 unspecified atom stereocenters. The molecule has 1 amide bonds. The highest BCUT2D eigenvalue weighted by molar-refractivity contribution is 8.18. The third-order valence-electron chi connectivity index (χ3n) is 3.33. The van der Waals surface area contributed by atoms with E-state index in [1.165, 1.54) is 11.8 Å². The van der Waals surface area contributed by atoms with Gasteiger partial charge in [0.1, 0.15) is 11.5 Å². The molecule has 2 aliphatic rings. The van der Waals surface area contributed by atoms with Crippen molar-refractivity contribution >= 4 is 28.9 Å². The minimum Gasteiger partial charge on any atom is -0.462 e. The van der Waals surface area contributed by atoms with Crippen molar-refractivity contribution in [3.8, 4) is 0 Å². The van der Waals surface area contributed by atoms with E-state index in [0.29, 0.717) is 10.7 Å². The Kier molecular flexibility index (Phi) is 3.91. The maximum atomic E-state index is 12.0. The molecule has 6 heteroatoms. The quantitative estimate of drug-likeness (QED) is 0.747. The predicted octanol–water partition coefficient (Wildman–Crippen LogP) is 2.67. The first-order chi connectivity index (χ1) is 10.0. The SMILES string of the molecule is Cc1ccc(/C=C2\SC(N3C[C@H](C)O[C@@H](C)C3)=NC2=O)o1. The largest absolute Gasteiger partial charge is 0.462 e. The van der Waals surface area contributed by atoms with Gasteiger partial charge in [-0.1, -0.05) is 0 Å². The van der Waals surface area contributed by atoms with Gasteiger partial charge in [-0.05, 0) is 44.7 Å².